The third kappa shape index (κ3) is 6.33. The van der Waals surface area contributed by atoms with Crippen LogP contribution in [0.2, 0.25) is 0 Å². The van der Waals surface area contributed by atoms with Crippen molar-refractivity contribution in [2.45, 2.75) is 51.2 Å². The Kier molecular flexibility index (Phi) is 8.10. The van der Waals surface area contributed by atoms with Crippen molar-refractivity contribution in [3.63, 3.8) is 0 Å². The van der Waals surface area contributed by atoms with Crippen LogP contribution in [0.25, 0.3) is 11.3 Å². The number of aliphatic hydroxyl groups excluding tert-OH is 1. The topological polar surface area (TPSA) is 65.9 Å². The molecule has 0 radical (unpaired) electrons. The van der Waals surface area contributed by atoms with Crippen LogP contribution in [0.15, 0.2) is 48.5 Å². The zero-order valence-electron chi connectivity index (χ0n) is 22.7. The van der Waals surface area contributed by atoms with E-state index in [2.05, 4.69) is 0 Å². The first-order chi connectivity index (χ1) is 19.8. The monoisotopic (exact) mass is 593 g/mol. The number of pyridine rings is 1. The number of aliphatic hydroxyl groups is 1. The summed E-state index contributed by atoms with van der Waals surface area (Å²) in [4.78, 5) is 22.2. The van der Waals surface area contributed by atoms with Gasteiger partial charge in [0.15, 0.2) is 0 Å². The maximum absolute atomic E-state index is 14.1. The minimum absolute atomic E-state index is 0.0504. The molecule has 0 atom stereocenters. The van der Waals surface area contributed by atoms with E-state index < -0.39 is 42.0 Å². The lowest BCUT2D eigenvalue weighted by atomic mass is 9.98. The second-order valence-electron chi connectivity index (χ2n) is 10.6. The molecule has 12 heteroatoms. The number of hydrogen-bond donors (Lipinski definition) is 1. The number of amides is 1. The van der Waals surface area contributed by atoms with Crippen molar-refractivity contribution >= 4 is 11.7 Å². The van der Waals surface area contributed by atoms with E-state index in [9.17, 15) is 36.2 Å². The number of fused-ring (bicyclic) bond motifs is 1. The quantitative estimate of drug-likeness (QED) is 0.351. The lowest BCUT2D eigenvalue weighted by Gasteiger charge is -2.33. The zero-order valence-corrected chi connectivity index (χ0v) is 22.7. The van der Waals surface area contributed by atoms with Crippen molar-refractivity contribution in [3.8, 4) is 17.0 Å². The van der Waals surface area contributed by atoms with Crippen molar-refractivity contribution < 1.29 is 41.0 Å². The Hall–Kier alpha value is -3.80. The maximum atomic E-state index is 14.1. The van der Waals surface area contributed by atoms with Crippen LogP contribution in [0.5, 0.6) is 5.75 Å². The minimum atomic E-state index is -5.00. The van der Waals surface area contributed by atoms with Crippen molar-refractivity contribution in [2.75, 3.05) is 31.1 Å². The van der Waals surface area contributed by atoms with Gasteiger partial charge in [-0.05, 0) is 55.5 Å². The molecule has 1 N–H and O–H groups in total. The fraction of sp³-hybridized carbons (Fsp3) is 0.400. The van der Waals surface area contributed by atoms with E-state index in [0.717, 1.165) is 5.56 Å². The van der Waals surface area contributed by atoms with Crippen LogP contribution in [-0.2, 0) is 18.9 Å². The second kappa shape index (κ2) is 11.5. The second-order valence-corrected chi connectivity index (χ2v) is 10.6. The number of alkyl halides is 6. The normalized spacial score (nSPS) is 17.0. The molecule has 5 rings (SSSR count). The number of benzene rings is 2. The van der Waals surface area contributed by atoms with Gasteiger partial charge < -0.3 is 19.6 Å². The zero-order chi connectivity index (χ0) is 30.2. The molecule has 42 heavy (non-hydrogen) atoms. The van der Waals surface area contributed by atoms with Crippen molar-refractivity contribution in [1.29, 1.82) is 0 Å². The molecule has 1 aromatic heterocycles. The number of rotatable bonds is 4. The summed E-state index contributed by atoms with van der Waals surface area (Å²) in [6, 6.07) is 10.3. The molecule has 0 bridgehead atoms. The highest BCUT2D eigenvalue weighted by molar-refractivity contribution is 6.03. The van der Waals surface area contributed by atoms with Gasteiger partial charge in [0.2, 0.25) is 0 Å². The van der Waals surface area contributed by atoms with Crippen LogP contribution in [-0.4, -0.2) is 53.2 Å². The van der Waals surface area contributed by atoms with E-state index in [0.29, 0.717) is 61.6 Å². The molecule has 2 aliphatic heterocycles. The van der Waals surface area contributed by atoms with Gasteiger partial charge in [0.1, 0.15) is 17.1 Å². The molecule has 3 aromatic rings. The average molecular weight is 594 g/mol. The number of carbonyl (C=O) groups excluding carboxylic acids is 1. The first kappa shape index (κ1) is 29.7. The highest BCUT2D eigenvalue weighted by Gasteiger charge is 2.37. The van der Waals surface area contributed by atoms with Crippen LogP contribution in [0.3, 0.4) is 0 Å². The largest absolute Gasteiger partial charge is 0.492 e. The van der Waals surface area contributed by atoms with Crippen LogP contribution in [0.4, 0.5) is 32.2 Å². The Morgan fingerprint density at radius 1 is 0.952 bits per heavy atom. The van der Waals surface area contributed by atoms with E-state index in [1.165, 1.54) is 4.90 Å². The Morgan fingerprint density at radius 2 is 1.60 bits per heavy atom. The number of nitrogens with zero attached hydrogens (tertiary/aromatic N) is 3. The number of aryl methyl sites for hydroxylation is 1. The summed E-state index contributed by atoms with van der Waals surface area (Å²) in [5, 5.41) is 9.96. The van der Waals surface area contributed by atoms with Gasteiger partial charge in [-0.15, -0.1) is 0 Å². The highest BCUT2D eigenvalue weighted by atomic mass is 19.4. The van der Waals surface area contributed by atoms with Gasteiger partial charge in [0.25, 0.3) is 5.91 Å². The van der Waals surface area contributed by atoms with E-state index in [1.807, 2.05) is 24.0 Å². The smallest absolute Gasteiger partial charge is 0.416 e. The number of anilines is 1. The standard InChI is InChI=1S/C30H29F6N3O3/c1-18-5-2-3-6-23(18)27-26-24(16-25(37-27)38-10-7-22(40)8-11-38)42-12-4-9-39(28(26)41)17-19-13-20(29(31,32)33)15-21(14-19)30(34,35)36/h2-3,5-6,13-16,22,40H,4,7-12,17H2,1H3. The van der Waals surface area contributed by atoms with Crippen LogP contribution < -0.4 is 9.64 Å². The summed E-state index contributed by atoms with van der Waals surface area (Å²) in [6.45, 7) is 2.68. The first-order valence-electron chi connectivity index (χ1n) is 13.6. The molecule has 0 aliphatic carbocycles. The van der Waals surface area contributed by atoms with Crippen molar-refractivity contribution in [2.24, 2.45) is 0 Å². The first-order valence-corrected chi connectivity index (χ1v) is 13.6. The number of piperidine rings is 1. The molecule has 6 nitrogen and oxygen atoms in total. The SMILES string of the molecule is Cc1ccccc1-c1nc(N2CCC(O)CC2)cc2c1C(=O)N(Cc1cc(C(F)(F)F)cc(C(F)(F)F)c1)CCCO2. The molecule has 224 valence electrons. The summed E-state index contributed by atoms with van der Waals surface area (Å²) in [7, 11) is 0. The molecule has 3 heterocycles. The lowest BCUT2D eigenvalue weighted by molar-refractivity contribution is -0.143. The molecule has 2 aliphatic rings. The van der Waals surface area contributed by atoms with E-state index in [-0.39, 0.29) is 36.1 Å². The van der Waals surface area contributed by atoms with E-state index >= 15 is 0 Å². The fourth-order valence-corrected chi connectivity index (χ4v) is 5.30. The molecule has 1 saturated heterocycles. The third-order valence-electron chi connectivity index (χ3n) is 7.51. The number of halogens is 6. The minimum Gasteiger partial charge on any atom is -0.492 e. The van der Waals surface area contributed by atoms with Gasteiger partial charge in [-0.25, -0.2) is 4.98 Å². The summed E-state index contributed by atoms with van der Waals surface area (Å²) >= 11 is 0. The van der Waals surface area contributed by atoms with E-state index in [1.54, 1.807) is 18.2 Å². The molecule has 1 fully saturated rings. The lowest BCUT2D eigenvalue weighted by Crippen LogP contribution is -2.37. The van der Waals surface area contributed by atoms with Gasteiger partial charge in [-0.3, -0.25) is 4.79 Å². The summed E-state index contributed by atoms with van der Waals surface area (Å²) in [6.07, 6.45) is -9.02. The predicted molar refractivity (Wildman–Crippen MR) is 143 cm³/mol. The summed E-state index contributed by atoms with van der Waals surface area (Å²) in [5.41, 5.74) is -1.31. The van der Waals surface area contributed by atoms with E-state index in [4.69, 9.17) is 9.72 Å². The number of ether oxygens (including phenoxy) is 1. The Bertz CT molecular complexity index is 1430. The van der Waals surface area contributed by atoms with Gasteiger partial charge in [-0.2, -0.15) is 26.3 Å². The molecule has 0 saturated carbocycles. The average Bonchev–Trinajstić information content (AvgIpc) is 2.92. The van der Waals surface area contributed by atoms with Crippen LogP contribution >= 0.6 is 0 Å². The number of hydrogen-bond acceptors (Lipinski definition) is 5. The summed E-state index contributed by atoms with van der Waals surface area (Å²) in [5.74, 6) is 0.174. The number of aromatic nitrogens is 1. The third-order valence-corrected chi connectivity index (χ3v) is 7.51. The van der Waals surface area contributed by atoms with Crippen molar-refractivity contribution in [1.82, 2.24) is 9.88 Å². The van der Waals surface area contributed by atoms with Gasteiger partial charge in [-0.1, -0.05) is 24.3 Å². The molecule has 1 amide bonds. The van der Waals surface area contributed by atoms with Crippen LogP contribution in [0.1, 0.15) is 51.9 Å². The van der Waals surface area contributed by atoms with Gasteiger partial charge >= 0.3 is 12.4 Å². The Balaban J connectivity index is 1.60. The molecular weight excluding hydrogens is 564 g/mol. The Labute approximate surface area is 238 Å². The fourth-order valence-electron chi connectivity index (χ4n) is 5.30. The predicted octanol–water partition coefficient (Wildman–Crippen LogP) is 6.48. The summed E-state index contributed by atoms with van der Waals surface area (Å²) < 4.78 is 87.1. The van der Waals surface area contributed by atoms with Gasteiger partial charge in [0.05, 0.1) is 29.5 Å². The van der Waals surface area contributed by atoms with Crippen molar-refractivity contribution in [3.05, 3.63) is 76.3 Å². The molecule has 0 spiro atoms. The Morgan fingerprint density at radius 3 is 2.21 bits per heavy atom. The van der Waals surface area contributed by atoms with Crippen LogP contribution in [0, 0.1) is 6.92 Å². The molecule has 2 aromatic carbocycles. The molecular formula is C30H29F6N3O3. The number of carbonyl (C=O) groups is 1. The molecule has 0 unspecified atom stereocenters. The van der Waals surface area contributed by atoms with Gasteiger partial charge in [0, 0.05) is 37.8 Å². The maximum Gasteiger partial charge on any atom is 0.416 e. The highest BCUT2D eigenvalue weighted by Crippen LogP contribution is 2.39.